The van der Waals surface area contributed by atoms with E-state index in [1.165, 1.54) is 32.1 Å². The molecule has 112 valence electrons. The summed E-state index contributed by atoms with van der Waals surface area (Å²) in [7, 11) is 0. The molecular weight excluding hydrogens is 248 g/mol. The molecule has 0 fully saturated rings. The topological polar surface area (TPSA) is 37.3 Å². The van der Waals surface area contributed by atoms with Crippen molar-refractivity contribution in [2.75, 3.05) is 0 Å². The number of aliphatic carboxylic acids is 1. The Bertz CT molecular complexity index is 349. The summed E-state index contributed by atoms with van der Waals surface area (Å²) in [5.41, 5.74) is 0. The highest BCUT2D eigenvalue weighted by Gasteiger charge is 1.93. The largest absolute Gasteiger partial charge is 0.481 e. The first-order valence-electron chi connectivity index (χ1n) is 7.90. The van der Waals surface area contributed by atoms with Gasteiger partial charge in [-0.3, -0.25) is 4.79 Å². The molecule has 0 heterocycles. The van der Waals surface area contributed by atoms with Gasteiger partial charge in [0.25, 0.3) is 0 Å². The van der Waals surface area contributed by atoms with Crippen LogP contribution in [-0.4, -0.2) is 11.1 Å². The molecule has 0 aromatic carbocycles. The minimum atomic E-state index is -0.734. The van der Waals surface area contributed by atoms with Gasteiger partial charge in [0.2, 0.25) is 0 Å². The number of rotatable bonds is 10. The number of carboxylic acids is 1. The molecule has 0 saturated carbocycles. The van der Waals surface area contributed by atoms with Crippen molar-refractivity contribution in [1.29, 1.82) is 0 Å². The Kier molecular flexibility index (Phi) is 14.5. The molecule has 0 radical (unpaired) electrons. The van der Waals surface area contributed by atoms with Gasteiger partial charge in [0.15, 0.2) is 0 Å². The summed E-state index contributed by atoms with van der Waals surface area (Å²) in [6.45, 7) is 2.21. The second-order valence-electron chi connectivity index (χ2n) is 4.97. The third-order valence-electron chi connectivity index (χ3n) is 2.95. The van der Waals surface area contributed by atoms with E-state index < -0.39 is 5.97 Å². The summed E-state index contributed by atoms with van der Waals surface area (Å²) in [5.74, 6) is 11.9. The molecule has 0 amide bonds. The molecule has 0 rings (SSSR count). The van der Waals surface area contributed by atoms with E-state index in [2.05, 4.69) is 30.6 Å². The lowest BCUT2D eigenvalue weighted by Gasteiger charge is -1.93. The van der Waals surface area contributed by atoms with Crippen molar-refractivity contribution < 1.29 is 9.90 Å². The quantitative estimate of drug-likeness (QED) is 0.460. The molecule has 0 unspecified atom stereocenters. The van der Waals surface area contributed by atoms with Crippen LogP contribution in [0.25, 0.3) is 0 Å². The van der Waals surface area contributed by atoms with E-state index in [1.54, 1.807) is 0 Å². The van der Waals surface area contributed by atoms with Crippen LogP contribution in [0.5, 0.6) is 0 Å². The third-order valence-corrected chi connectivity index (χ3v) is 2.95. The summed E-state index contributed by atoms with van der Waals surface area (Å²) in [5, 5.41) is 8.46. The Balaban J connectivity index is 3.24. The maximum Gasteiger partial charge on any atom is 0.303 e. The number of carbonyl (C=O) groups is 1. The normalized spacial score (nSPS) is 9.25. The molecule has 0 aromatic rings. The Morgan fingerprint density at radius 3 is 1.65 bits per heavy atom. The zero-order valence-electron chi connectivity index (χ0n) is 12.8. The molecule has 2 heteroatoms. The monoisotopic (exact) mass is 276 g/mol. The van der Waals surface area contributed by atoms with Crippen LogP contribution in [0.4, 0.5) is 0 Å². The van der Waals surface area contributed by atoms with Crippen LogP contribution in [0.1, 0.15) is 84.0 Å². The molecule has 1 N–H and O–H groups in total. The van der Waals surface area contributed by atoms with Crippen LogP contribution in [0.15, 0.2) is 0 Å². The SMILES string of the molecule is CCCCCC#CCCCCCC#CCCCC(=O)O. The molecule has 0 aliphatic heterocycles. The van der Waals surface area contributed by atoms with Crippen LogP contribution < -0.4 is 0 Å². The molecule has 0 aromatic heterocycles. The molecule has 20 heavy (non-hydrogen) atoms. The lowest BCUT2D eigenvalue weighted by molar-refractivity contribution is -0.137. The first-order valence-corrected chi connectivity index (χ1v) is 7.90. The number of hydrogen-bond acceptors (Lipinski definition) is 1. The fourth-order valence-corrected chi connectivity index (χ4v) is 1.75. The molecule has 0 saturated heterocycles. The zero-order valence-corrected chi connectivity index (χ0v) is 12.8. The van der Waals surface area contributed by atoms with Gasteiger partial charge < -0.3 is 5.11 Å². The first kappa shape index (κ1) is 18.6. The predicted molar refractivity (Wildman–Crippen MR) is 84.3 cm³/mol. The standard InChI is InChI=1S/C18H28O2/c1-2-3-4-5-6-7-8-9-10-11-12-13-14-15-16-17-18(19)20/h2-5,8-12,15-17H2,1H3,(H,19,20). The van der Waals surface area contributed by atoms with Gasteiger partial charge in [-0.25, -0.2) is 0 Å². The zero-order chi connectivity index (χ0) is 14.9. The highest BCUT2D eigenvalue weighted by atomic mass is 16.4. The van der Waals surface area contributed by atoms with Crippen LogP contribution in [-0.2, 0) is 4.79 Å². The van der Waals surface area contributed by atoms with E-state index >= 15 is 0 Å². The van der Waals surface area contributed by atoms with Gasteiger partial charge in [0, 0.05) is 32.1 Å². The molecule has 0 aliphatic carbocycles. The van der Waals surface area contributed by atoms with Gasteiger partial charge in [0.05, 0.1) is 0 Å². The van der Waals surface area contributed by atoms with Crippen molar-refractivity contribution in [1.82, 2.24) is 0 Å². The molecular formula is C18H28O2. The van der Waals surface area contributed by atoms with Gasteiger partial charge in [-0.05, 0) is 25.7 Å². The Morgan fingerprint density at radius 1 is 0.750 bits per heavy atom. The minimum absolute atomic E-state index is 0.228. The van der Waals surface area contributed by atoms with Crippen molar-refractivity contribution in [3.05, 3.63) is 0 Å². The van der Waals surface area contributed by atoms with E-state index in [-0.39, 0.29) is 6.42 Å². The van der Waals surface area contributed by atoms with E-state index in [9.17, 15) is 4.79 Å². The molecule has 2 nitrogen and oxygen atoms in total. The van der Waals surface area contributed by atoms with E-state index in [4.69, 9.17) is 5.11 Å². The molecule has 0 bridgehead atoms. The highest BCUT2D eigenvalue weighted by Crippen LogP contribution is 2.02. The number of carboxylic acid groups (broad SMARTS) is 1. The second-order valence-corrected chi connectivity index (χ2v) is 4.97. The molecule has 0 aliphatic rings. The van der Waals surface area contributed by atoms with Crippen molar-refractivity contribution in [3.8, 4) is 23.7 Å². The van der Waals surface area contributed by atoms with Gasteiger partial charge in [-0.1, -0.05) is 26.2 Å². The maximum absolute atomic E-state index is 10.3. The van der Waals surface area contributed by atoms with Crippen LogP contribution in [0.2, 0.25) is 0 Å². The summed E-state index contributed by atoms with van der Waals surface area (Å²) in [4.78, 5) is 10.3. The van der Waals surface area contributed by atoms with Crippen molar-refractivity contribution in [2.24, 2.45) is 0 Å². The van der Waals surface area contributed by atoms with Crippen LogP contribution >= 0.6 is 0 Å². The predicted octanol–water partition coefficient (Wildman–Crippen LogP) is 4.78. The number of unbranched alkanes of at least 4 members (excludes halogenated alkanes) is 8. The minimum Gasteiger partial charge on any atom is -0.481 e. The number of hydrogen-bond donors (Lipinski definition) is 1. The smallest absolute Gasteiger partial charge is 0.303 e. The van der Waals surface area contributed by atoms with Gasteiger partial charge in [-0.15, -0.1) is 23.7 Å². The Morgan fingerprint density at radius 2 is 1.20 bits per heavy atom. The van der Waals surface area contributed by atoms with E-state index in [0.717, 1.165) is 25.7 Å². The summed E-state index contributed by atoms with van der Waals surface area (Å²) >= 11 is 0. The summed E-state index contributed by atoms with van der Waals surface area (Å²) in [6.07, 6.45) is 11.9. The third kappa shape index (κ3) is 16.6. The van der Waals surface area contributed by atoms with Crippen LogP contribution in [0.3, 0.4) is 0 Å². The summed E-state index contributed by atoms with van der Waals surface area (Å²) in [6, 6.07) is 0. The van der Waals surface area contributed by atoms with Gasteiger partial charge in [-0.2, -0.15) is 0 Å². The van der Waals surface area contributed by atoms with E-state index in [0.29, 0.717) is 12.8 Å². The first-order chi connectivity index (χ1) is 9.77. The fourth-order valence-electron chi connectivity index (χ4n) is 1.75. The maximum atomic E-state index is 10.3. The molecule has 0 spiro atoms. The molecule has 0 atom stereocenters. The average Bonchev–Trinajstić information content (AvgIpc) is 2.43. The summed E-state index contributed by atoms with van der Waals surface area (Å²) < 4.78 is 0. The Hall–Kier alpha value is -1.41. The Labute approximate surface area is 124 Å². The lowest BCUT2D eigenvalue weighted by atomic mass is 10.1. The average molecular weight is 276 g/mol. The highest BCUT2D eigenvalue weighted by molar-refractivity contribution is 5.66. The van der Waals surface area contributed by atoms with Crippen molar-refractivity contribution in [2.45, 2.75) is 84.0 Å². The van der Waals surface area contributed by atoms with Gasteiger partial charge in [0.1, 0.15) is 0 Å². The second kappa shape index (κ2) is 15.6. The lowest BCUT2D eigenvalue weighted by Crippen LogP contribution is -1.92. The fraction of sp³-hybridized carbons (Fsp3) is 0.722. The van der Waals surface area contributed by atoms with E-state index in [1.807, 2.05) is 0 Å². The van der Waals surface area contributed by atoms with Crippen molar-refractivity contribution in [3.63, 3.8) is 0 Å². The van der Waals surface area contributed by atoms with Gasteiger partial charge >= 0.3 is 5.97 Å². The van der Waals surface area contributed by atoms with Crippen LogP contribution in [0, 0.1) is 23.7 Å². The van der Waals surface area contributed by atoms with Crippen molar-refractivity contribution >= 4 is 5.97 Å².